The van der Waals surface area contributed by atoms with Gasteiger partial charge in [0.05, 0.1) is 0 Å². The summed E-state index contributed by atoms with van der Waals surface area (Å²) in [5.41, 5.74) is 3.13. The molecule has 44 heavy (non-hydrogen) atoms. The molecule has 4 heteroatoms. The molecule has 5 aromatic rings. The first-order valence-corrected chi connectivity index (χ1v) is 16.0. The van der Waals surface area contributed by atoms with Gasteiger partial charge < -0.3 is 10.6 Å². The molecule has 0 spiro atoms. The van der Waals surface area contributed by atoms with E-state index in [1.165, 1.54) is 10.6 Å². The van der Waals surface area contributed by atoms with Gasteiger partial charge in [-0.2, -0.15) is 80.4 Å². The first-order chi connectivity index (χ1) is 20.7. The van der Waals surface area contributed by atoms with E-state index >= 15 is 0 Å². The van der Waals surface area contributed by atoms with E-state index in [1.54, 1.807) is 0 Å². The predicted molar refractivity (Wildman–Crippen MR) is 193 cm³/mol. The van der Waals surface area contributed by atoms with Gasteiger partial charge in [-0.3, -0.25) is 0 Å². The third-order valence-corrected chi connectivity index (χ3v) is 8.13. The molecule has 2 nitrogen and oxygen atoms in total. The van der Waals surface area contributed by atoms with Crippen molar-refractivity contribution in [3.8, 4) is 0 Å². The quantitative estimate of drug-likeness (QED) is 0.0936. The van der Waals surface area contributed by atoms with Crippen LogP contribution in [0.4, 0.5) is 0 Å². The van der Waals surface area contributed by atoms with Crippen molar-refractivity contribution in [3.05, 3.63) is 200 Å². The molecule has 0 amide bonds. The Hall–Kier alpha value is -3.07. The van der Waals surface area contributed by atoms with Crippen molar-refractivity contribution in [2.45, 2.75) is 39.1 Å². The standard InChI is InChI=1S/C19H25N2P.3C7H7.Hf/c1-5-20-18(21-19(2,3)4)22(16-12-8-6-9-13-16)17-14-10-7-11-15-17;3*1-7-5-3-2-4-6-7;/h6-15,18H,5H2,1-4H3;3*2-6H,1H2;/q-2;3*-1;. The molecule has 0 heterocycles. The number of rotatable bonds is 6. The monoisotopic (exact) mass is 765 g/mol. The molecule has 5 rings (SSSR count). The van der Waals surface area contributed by atoms with Crippen LogP contribution >= 0.6 is 7.92 Å². The Kier molecular flexibility index (Phi) is 19.9. The van der Waals surface area contributed by atoms with Crippen LogP contribution in [0.25, 0.3) is 10.6 Å². The second-order valence-corrected chi connectivity index (χ2v) is 12.9. The summed E-state index contributed by atoms with van der Waals surface area (Å²) < 4.78 is 0. The zero-order valence-electron chi connectivity index (χ0n) is 26.7. The Balaban J connectivity index is 0.000000355. The topological polar surface area (TPSA) is 28.2 Å². The van der Waals surface area contributed by atoms with Crippen LogP contribution in [-0.2, 0) is 25.8 Å². The Morgan fingerprint density at radius 3 is 1.00 bits per heavy atom. The molecule has 0 aliphatic heterocycles. The Morgan fingerprint density at radius 1 is 0.523 bits per heavy atom. The van der Waals surface area contributed by atoms with E-state index in [9.17, 15) is 0 Å². The van der Waals surface area contributed by atoms with Gasteiger partial charge in [0.1, 0.15) is 0 Å². The summed E-state index contributed by atoms with van der Waals surface area (Å²) >= 11 is 0. The molecule has 0 N–H and O–H groups in total. The van der Waals surface area contributed by atoms with Crippen molar-refractivity contribution >= 4 is 18.5 Å². The maximum atomic E-state index is 5.01. The smallest absolute Gasteiger partial charge is 0 e. The first-order valence-electron chi connectivity index (χ1n) is 14.6. The fourth-order valence-corrected chi connectivity index (χ4v) is 6.32. The van der Waals surface area contributed by atoms with Crippen LogP contribution in [0.3, 0.4) is 0 Å². The van der Waals surface area contributed by atoms with Crippen LogP contribution in [0.1, 0.15) is 44.4 Å². The van der Waals surface area contributed by atoms with Gasteiger partial charge in [-0.1, -0.05) is 114 Å². The molecule has 0 bridgehead atoms. The van der Waals surface area contributed by atoms with E-state index in [0.717, 1.165) is 23.2 Å². The van der Waals surface area contributed by atoms with Gasteiger partial charge in [-0.15, -0.1) is 41.9 Å². The average molecular weight is 764 g/mol. The second-order valence-electron chi connectivity index (χ2n) is 10.6. The third kappa shape index (κ3) is 17.3. The fraction of sp³-hybridized carbons (Fsp3) is 0.175. The zero-order valence-corrected chi connectivity index (χ0v) is 31.2. The van der Waals surface area contributed by atoms with Gasteiger partial charge in [0.15, 0.2) is 0 Å². The summed E-state index contributed by atoms with van der Waals surface area (Å²) in [4.78, 5) is 0. The SMILES string of the molecule is CC[N-]C([N-]C(C)(C)C)P(c1ccccc1)c1ccccc1.[CH2-]c1ccccc1.[CH2-]c1ccccc1.[CH2-]c1ccccc1.[Hf]. The summed E-state index contributed by atoms with van der Waals surface area (Å²) in [5, 5.41) is 12.5. The first kappa shape index (κ1) is 39.0. The molecule has 0 aliphatic carbocycles. The van der Waals surface area contributed by atoms with Gasteiger partial charge in [0.2, 0.25) is 0 Å². The molecule has 0 aliphatic rings. The molecule has 0 saturated carbocycles. The zero-order chi connectivity index (χ0) is 31.3. The van der Waals surface area contributed by atoms with E-state index in [2.05, 4.69) is 109 Å². The Morgan fingerprint density at radius 2 is 0.795 bits per heavy atom. The van der Waals surface area contributed by atoms with Gasteiger partial charge in [0.25, 0.3) is 0 Å². The van der Waals surface area contributed by atoms with Gasteiger partial charge in [-0.25, -0.2) is 5.91 Å². The normalized spacial score (nSPS) is 10.8. The number of benzene rings is 5. The van der Waals surface area contributed by atoms with Crippen LogP contribution in [0, 0.1) is 20.8 Å². The van der Waals surface area contributed by atoms with Gasteiger partial charge in [0, 0.05) is 25.8 Å². The minimum absolute atomic E-state index is 0. The Labute approximate surface area is 288 Å². The molecular weight excluding hydrogens is 718 g/mol. The summed E-state index contributed by atoms with van der Waals surface area (Å²) in [7, 11) is -0.618. The van der Waals surface area contributed by atoms with E-state index in [1.807, 2.05) is 91.0 Å². The minimum atomic E-state index is -0.618. The van der Waals surface area contributed by atoms with Crippen molar-refractivity contribution in [2.75, 3.05) is 6.54 Å². The van der Waals surface area contributed by atoms with Crippen LogP contribution in [0.2, 0.25) is 0 Å². The third-order valence-electron chi connectivity index (χ3n) is 5.68. The van der Waals surface area contributed by atoms with E-state index in [4.69, 9.17) is 10.6 Å². The second kappa shape index (κ2) is 22.4. The van der Waals surface area contributed by atoms with Crippen molar-refractivity contribution in [3.63, 3.8) is 0 Å². The average Bonchev–Trinajstić information content (AvgIpc) is 3.00. The molecule has 0 fully saturated rings. The van der Waals surface area contributed by atoms with Crippen LogP contribution < -0.4 is 10.6 Å². The van der Waals surface area contributed by atoms with E-state index < -0.39 is 7.92 Å². The van der Waals surface area contributed by atoms with Crippen LogP contribution in [-0.4, -0.2) is 18.0 Å². The van der Waals surface area contributed by atoms with Gasteiger partial charge >= 0.3 is 0 Å². The van der Waals surface area contributed by atoms with Crippen molar-refractivity contribution < 1.29 is 25.8 Å². The molecule has 0 radical (unpaired) electrons. The van der Waals surface area contributed by atoms with Crippen molar-refractivity contribution in [1.82, 2.24) is 0 Å². The molecule has 0 aromatic heterocycles. The van der Waals surface area contributed by atoms with E-state index in [-0.39, 0.29) is 37.3 Å². The maximum absolute atomic E-state index is 5.01. The van der Waals surface area contributed by atoms with Gasteiger partial charge in [-0.05, 0) is 10.6 Å². The predicted octanol–water partition coefficient (Wildman–Crippen LogP) is 10.6. The Bertz CT molecular complexity index is 1220. The number of nitrogens with zero attached hydrogens (tertiary/aromatic N) is 2. The number of hydrogen-bond donors (Lipinski definition) is 0. The molecule has 230 valence electrons. The molecular formula is C40H46HfN2P-5. The molecule has 1 atom stereocenters. The molecule has 5 aromatic carbocycles. The fourth-order valence-electron chi connectivity index (χ4n) is 3.72. The number of hydrogen-bond acceptors (Lipinski definition) is 0. The van der Waals surface area contributed by atoms with Crippen LogP contribution in [0.5, 0.6) is 0 Å². The molecule has 0 saturated heterocycles. The molecule has 1 unspecified atom stereocenters. The summed E-state index contributed by atoms with van der Waals surface area (Å²) in [6.45, 7) is 20.5. The van der Waals surface area contributed by atoms with Crippen molar-refractivity contribution in [1.29, 1.82) is 0 Å². The summed E-state index contributed by atoms with van der Waals surface area (Å²) in [6.07, 6.45) is 0. The van der Waals surface area contributed by atoms with E-state index in [0.29, 0.717) is 0 Å². The van der Waals surface area contributed by atoms with Crippen LogP contribution in [0.15, 0.2) is 152 Å². The summed E-state index contributed by atoms with van der Waals surface area (Å²) in [6, 6.07) is 51.0. The summed E-state index contributed by atoms with van der Waals surface area (Å²) in [5.74, 6) is 0.00444. The van der Waals surface area contributed by atoms with Crippen molar-refractivity contribution in [2.24, 2.45) is 0 Å². The maximum Gasteiger partial charge on any atom is 0 e. The largest absolute Gasteiger partial charge is 0.674 e. The minimum Gasteiger partial charge on any atom is -0.674 e.